The predicted molar refractivity (Wildman–Crippen MR) is 152 cm³/mol. The Bertz CT molecular complexity index is 1300. The van der Waals surface area contributed by atoms with Gasteiger partial charge in [0.1, 0.15) is 18.2 Å². The normalized spacial score (nSPS) is 20.0. The number of hydrogen-bond donors (Lipinski definition) is 2. The lowest BCUT2D eigenvalue weighted by molar-refractivity contribution is -0.192. The number of fused-ring (bicyclic) bond motifs is 2. The molecular formula is C31H38F5N3O5. The second-order valence-electron chi connectivity index (χ2n) is 12.0. The molecule has 2 bridgehead atoms. The van der Waals surface area contributed by atoms with Crippen molar-refractivity contribution in [2.24, 2.45) is 5.73 Å². The van der Waals surface area contributed by atoms with Crippen LogP contribution in [-0.4, -0.2) is 76.2 Å². The van der Waals surface area contributed by atoms with E-state index in [1.165, 1.54) is 23.1 Å². The Labute approximate surface area is 252 Å². The second-order valence-corrected chi connectivity index (χ2v) is 12.0. The number of alkyl halides is 3. The van der Waals surface area contributed by atoms with E-state index in [-0.39, 0.29) is 24.6 Å². The summed E-state index contributed by atoms with van der Waals surface area (Å²) in [4.78, 5) is 37.6. The zero-order valence-corrected chi connectivity index (χ0v) is 24.9. The molecule has 3 atom stereocenters. The molecule has 8 nitrogen and oxygen atoms in total. The van der Waals surface area contributed by atoms with Crippen LogP contribution in [0.5, 0.6) is 0 Å². The summed E-state index contributed by atoms with van der Waals surface area (Å²) >= 11 is 0. The number of halogens is 5. The molecule has 2 fully saturated rings. The van der Waals surface area contributed by atoms with Crippen molar-refractivity contribution in [2.75, 3.05) is 19.7 Å². The highest BCUT2D eigenvalue weighted by molar-refractivity contribution is 5.92. The van der Waals surface area contributed by atoms with Gasteiger partial charge in [-0.25, -0.2) is 13.6 Å². The highest BCUT2D eigenvalue weighted by Crippen LogP contribution is 2.43. The maximum atomic E-state index is 14.4. The van der Waals surface area contributed by atoms with Crippen molar-refractivity contribution in [3.8, 4) is 0 Å². The molecule has 3 N–H and O–H groups in total. The molecule has 1 unspecified atom stereocenters. The Morgan fingerprint density at radius 2 is 1.55 bits per heavy atom. The van der Waals surface area contributed by atoms with Gasteiger partial charge in [0.2, 0.25) is 11.8 Å². The molecule has 13 heteroatoms. The van der Waals surface area contributed by atoms with Gasteiger partial charge < -0.3 is 20.5 Å². The molecule has 0 spiro atoms. The summed E-state index contributed by atoms with van der Waals surface area (Å²) < 4.78 is 66.2. The van der Waals surface area contributed by atoms with E-state index in [1.54, 1.807) is 6.07 Å². The number of amides is 2. The van der Waals surface area contributed by atoms with Gasteiger partial charge in [-0.3, -0.25) is 14.5 Å². The lowest BCUT2D eigenvalue weighted by atomic mass is 9.84. The zero-order chi connectivity index (χ0) is 32.8. The van der Waals surface area contributed by atoms with E-state index in [4.69, 9.17) is 20.4 Å². The van der Waals surface area contributed by atoms with Crippen LogP contribution in [0.1, 0.15) is 73.9 Å². The number of nitrogens with two attached hydrogens (primary N) is 1. The highest BCUT2D eigenvalue weighted by atomic mass is 19.4. The fourth-order valence-corrected chi connectivity index (χ4v) is 5.63. The number of ether oxygens (including phenoxy) is 1. The quantitative estimate of drug-likeness (QED) is 0.368. The molecule has 0 aliphatic carbocycles. The van der Waals surface area contributed by atoms with Gasteiger partial charge in [-0.2, -0.15) is 13.2 Å². The zero-order valence-electron chi connectivity index (χ0n) is 24.9. The number of piperidine rings is 1. The van der Waals surface area contributed by atoms with E-state index in [2.05, 4.69) is 11.0 Å². The van der Waals surface area contributed by atoms with Crippen LogP contribution in [0.2, 0.25) is 0 Å². The summed E-state index contributed by atoms with van der Waals surface area (Å²) in [5, 5.41) is 7.12. The largest absolute Gasteiger partial charge is 0.490 e. The first kappa shape index (κ1) is 34.9. The summed E-state index contributed by atoms with van der Waals surface area (Å²) in [6, 6.07) is 12.0. The molecule has 2 saturated heterocycles. The maximum absolute atomic E-state index is 14.4. The fraction of sp³-hybridized carbons (Fsp3) is 0.516. The van der Waals surface area contributed by atoms with Crippen LogP contribution in [0.3, 0.4) is 0 Å². The van der Waals surface area contributed by atoms with Crippen LogP contribution in [0.15, 0.2) is 42.5 Å². The van der Waals surface area contributed by atoms with Crippen molar-refractivity contribution in [3.05, 3.63) is 70.8 Å². The number of primary amides is 1. The molecule has 2 heterocycles. The summed E-state index contributed by atoms with van der Waals surface area (Å²) in [5.41, 5.74) is 6.53. The molecule has 0 aromatic heterocycles. The first-order chi connectivity index (χ1) is 20.5. The number of benzene rings is 2. The molecule has 2 aliphatic heterocycles. The first-order valence-electron chi connectivity index (χ1n) is 14.3. The van der Waals surface area contributed by atoms with Gasteiger partial charge in [0.25, 0.3) is 0 Å². The molecular weight excluding hydrogens is 589 g/mol. The number of nitrogens with zero attached hydrogens (tertiary/aromatic N) is 2. The van der Waals surface area contributed by atoms with Crippen molar-refractivity contribution in [3.63, 3.8) is 0 Å². The minimum absolute atomic E-state index is 0.109. The average Bonchev–Trinajstić information content (AvgIpc) is 3.16. The van der Waals surface area contributed by atoms with Crippen molar-refractivity contribution in [1.82, 2.24) is 9.80 Å². The molecule has 0 saturated carbocycles. The number of aliphatic carboxylic acids is 1. The van der Waals surface area contributed by atoms with Gasteiger partial charge in [0, 0.05) is 36.3 Å². The minimum Gasteiger partial charge on any atom is -0.475 e. The number of hydrogen-bond acceptors (Lipinski definition) is 5. The van der Waals surface area contributed by atoms with Crippen LogP contribution >= 0.6 is 0 Å². The molecule has 2 aliphatic rings. The third-order valence-corrected chi connectivity index (χ3v) is 7.79. The molecule has 2 aromatic carbocycles. The van der Waals surface area contributed by atoms with Crippen LogP contribution < -0.4 is 5.73 Å². The van der Waals surface area contributed by atoms with Crippen LogP contribution in [-0.2, 0) is 20.9 Å². The van der Waals surface area contributed by atoms with E-state index in [9.17, 15) is 31.5 Å². The van der Waals surface area contributed by atoms with Crippen molar-refractivity contribution in [1.29, 1.82) is 0 Å². The summed E-state index contributed by atoms with van der Waals surface area (Å²) in [7, 11) is 0. The second kappa shape index (κ2) is 14.5. The lowest BCUT2D eigenvalue weighted by Crippen LogP contribution is -2.47. The van der Waals surface area contributed by atoms with Crippen molar-refractivity contribution >= 4 is 17.8 Å². The van der Waals surface area contributed by atoms with E-state index in [0.29, 0.717) is 36.7 Å². The van der Waals surface area contributed by atoms with Crippen LogP contribution in [0.4, 0.5) is 22.0 Å². The monoisotopic (exact) mass is 627 g/mol. The summed E-state index contributed by atoms with van der Waals surface area (Å²) in [6.07, 6.45) is -1.02. The van der Waals surface area contributed by atoms with E-state index in [0.717, 1.165) is 31.2 Å². The van der Waals surface area contributed by atoms with Gasteiger partial charge in [0.05, 0.1) is 12.1 Å². The average molecular weight is 628 g/mol. The predicted octanol–water partition coefficient (Wildman–Crippen LogP) is 5.25. The Morgan fingerprint density at radius 3 is 2.05 bits per heavy atom. The number of carboxylic acid groups (broad SMARTS) is 1. The van der Waals surface area contributed by atoms with E-state index in [1.807, 2.05) is 32.9 Å². The molecule has 0 radical (unpaired) electrons. The third kappa shape index (κ3) is 9.71. The molecule has 4 rings (SSSR count). The van der Waals surface area contributed by atoms with E-state index >= 15 is 0 Å². The topological polar surface area (TPSA) is 113 Å². The smallest absolute Gasteiger partial charge is 0.475 e. The summed E-state index contributed by atoms with van der Waals surface area (Å²) in [6.45, 7) is 6.28. The number of carboxylic acids is 1. The SMILES string of the molecule is CC(C)(C)OCC(=O)N(CCN1[C@@H]2CC[C@H]1CC(c1cccc(C(N)=O)c1)C2)Cc1c(F)cccc1F.O=C(O)C(F)(F)F. The van der Waals surface area contributed by atoms with Gasteiger partial charge in [0.15, 0.2) is 0 Å². The maximum Gasteiger partial charge on any atom is 0.490 e. The highest BCUT2D eigenvalue weighted by Gasteiger charge is 2.41. The standard InChI is InChI=1S/C29H37F2N3O3.C2HF3O2/c1-29(2,3)37-18-27(35)33(17-24-25(30)8-5-9-26(24)31)12-13-34-22-10-11-23(34)16-21(15-22)19-6-4-7-20(14-19)28(32)36;3-2(4,5)1(6)7/h4-9,14,21-23H,10-13,15-18H2,1-3H3,(H2,32,36);(H,6,7)/t21?,22-,23+;. The molecule has 242 valence electrons. The van der Waals surface area contributed by atoms with Gasteiger partial charge in [-0.15, -0.1) is 0 Å². The lowest BCUT2D eigenvalue weighted by Gasteiger charge is -2.40. The first-order valence-corrected chi connectivity index (χ1v) is 14.3. The Kier molecular flexibility index (Phi) is 11.5. The van der Waals surface area contributed by atoms with Crippen LogP contribution in [0.25, 0.3) is 0 Å². The van der Waals surface area contributed by atoms with E-state index < -0.39 is 35.3 Å². The number of carbonyl (C=O) groups excluding carboxylic acids is 2. The Morgan fingerprint density at radius 1 is 1.00 bits per heavy atom. The fourth-order valence-electron chi connectivity index (χ4n) is 5.63. The minimum atomic E-state index is -5.08. The number of carbonyl (C=O) groups is 3. The van der Waals surface area contributed by atoms with Gasteiger partial charge in [-0.05, 0) is 82.2 Å². The molecule has 44 heavy (non-hydrogen) atoms. The van der Waals surface area contributed by atoms with Crippen LogP contribution in [0, 0.1) is 11.6 Å². The van der Waals surface area contributed by atoms with Crippen molar-refractivity contribution < 1.29 is 46.2 Å². The summed E-state index contributed by atoms with van der Waals surface area (Å²) in [5.74, 6) is -4.44. The molecule has 2 aromatic rings. The Hall–Kier alpha value is -3.58. The third-order valence-electron chi connectivity index (χ3n) is 7.79. The van der Waals surface area contributed by atoms with Gasteiger partial charge >= 0.3 is 12.1 Å². The van der Waals surface area contributed by atoms with Crippen molar-refractivity contribution in [2.45, 2.75) is 82.8 Å². The number of rotatable bonds is 9. The van der Waals surface area contributed by atoms with Gasteiger partial charge in [-0.1, -0.05) is 18.2 Å². The Balaban J connectivity index is 0.000000676. The molecule has 2 amide bonds.